The Morgan fingerprint density at radius 3 is 2.95 bits per heavy atom. The van der Waals surface area contributed by atoms with E-state index in [1.165, 1.54) is 5.56 Å². The first-order chi connectivity index (χ1) is 10.3. The van der Waals surface area contributed by atoms with Crippen molar-refractivity contribution >= 4 is 0 Å². The number of ether oxygens (including phenoxy) is 1. The zero-order valence-corrected chi connectivity index (χ0v) is 12.0. The van der Waals surface area contributed by atoms with E-state index < -0.39 is 0 Å². The summed E-state index contributed by atoms with van der Waals surface area (Å²) in [5, 5.41) is 8.25. The summed E-state index contributed by atoms with van der Waals surface area (Å²) in [4.78, 5) is 4.56. The molecule has 1 aliphatic rings. The smallest absolute Gasteiger partial charge is 0.233 e. The van der Waals surface area contributed by atoms with Gasteiger partial charge >= 0.3 is 0 Å². The van der Waals surface area contributed by atoms with Crippen LogP contribution in [-0.2, 0) is 6.42 Å². The summed E-state index contributed by atoms with van der Waals surface area (Å²) in [6, 6.07) is 7.72. The highest BCUT2D eigenvalue weighted by Gasteiger charge is 2.30. The van der Waals surface area contributed by atoms with Gasteiger partial charge in [-0.25, -0.2) is 0 Å². The number of hydrazine groups is 1. The minimum atomic E-state index is -0.0997. The third-order valence-corrected chi connectivity index (χ3v) is 4.01. The van der Waals surface area contributed by atoms with Gasteiger partial charge in [0, 0.05) is 23.9 Å². The predicted octanol–water partition coefficient (Wildman–Crippen LogP) is 1.50. The van der Waals surface area contributed by atoms with E-state index in [2.05, 4.69) is 26.7 Å². The monoisotopic (exact) mass is 285 g/mol. The first-order valence-electron chi connectivity index (χ1n) is 7.11. The van der Waals surface area contributed by atoms with Gasteiger partial charge in [0.15, 0.2) is 0 Å². The topological polar surface area (TPSA) is 86.0 Å². The summed E-state index contributed by atoms with van der Waals surface area (Å²) in [6.07, 6.45) is 5.08. The van der Waals surface area contributed by atoms with Crippen LogP contribution >= 0.6 is 0 Å². The standard InChI is InChI=1S/C15H19N5O/c1-21-13-8-7-12(19-20-13)15(18-16)11-6-2-4-10-5-3-9-17-14(10)11/h3,5,7-9,11,15,18H,2,4,6,16H2,1H3. The van der Waals surface area contributed by atoms with Crippen molar-refractivity contribution in [3.05, 3.63) is 47.4 Å². The Labute approximate surface area is 123 Å². The molecule has 0 bridgehead atoms. The van der Waals surface area contributed by atoms with Gasteiger partial charge in [0.25, 0.3) is 0 Å². The number of pyridine rings is 1. The van der Waals surface area contributed by atoms with Crippen molar-refractivity contribution in [3.8, 4) is 5.88 Å². The van der Waals surface area contributed by atoms with E-state index in [9.17, 15) is 0 Å². The van der Waals surface area contributed by atoms with Gasteiger partial charge in [-0.2, -0.15) is 5.10 Å². The highest BCUT2D eigenvalue weighted by Crippen LogP contribution is 2.38. The number of aromatic nitrogens is 3. The molecule has 3 rings (SSSR count). The summed E-state index contributed by atoms with van der Waals surface area (Å²) in [7, 11) is 1.57. The molecule has 2 aromatic heterocycles. The molecule has 0 spiro atoms. The van der Waals surface area contributed by atoms with E-state index >= 15 is 0 Å². The molecule has 6 heteroatoms. The van der Waals surface area contributed by atoms with Crippen LogP contribution < -0.4 is 16.0 Å². The molecule has 0 aliphatic heterocycles. The maximum absolute atomic E-state index is 5.79. The van der Waals surface area contributed by atoms with Crippen LogP contribution in [-0.4, -0.2) is 22.3 Å². The third kappa shape index (κ3) is 2.72. The fraction of sp³-hybridized carbons (Fsp3) is 0.400. The first kappa shape index (κ1) is 13.9. The average Bonchev–Trinajstić information content (AvgIpc) is 2.56. The Bertz CT molecular complexity index is 601. The number of rotatable bonds is 4. The Morgan fingerprint density at radius 1 is 1.33 bits per heavy atom. The molecule has 21 heavy (non-hydrogen) atoms. The summed E-state index contributed by atoms with van der Waals surface area (Å²) < 4.78 is 5.05. The second-order valence-corrected chi connectivity index (χ2v) is 5.19. The summed E-state index contributed by atoms with van der Waals surface area (Å²) in [5.41, 5.74) is 6.11. The summed E-state index contributed by atoms with van der Waals surface area (Å²) in [5.74, 6) is 6.49. The third-order valence-electron chi connectivity index (χ3n) is 4.01. The Balaban J connectivity index is 1.93. The average molecular weight is 285 g/mol. The zero-order chi connectivity index (χ0) is 14.7. The highest BCUT2D eigenvalue weighted by molar-refractivity contribution is 5.29. The molecule has 0 fully saturated rings. The van der Waals surface area contributed by atoms with E-state index in [1.807, 2.05) is 18.3 Å². The first-order valence-corrected chi connectivity index (χ1v) is 7.11. The minimum Gasteiger partial charge on any atom is -0.480 e. The molecular weight excluding hydrogens is 266 g/mol. The van der Waals surface area contributed by atoms with Crippen molar-refractivity contribution in [2.75, 3.05) is 7.11 Å². The largest absolute Gasteiger partial charge is 0.480 e. The molecule has 1 aliphatic carbocycles. The van der Waals surface area contributed by atoms with E-state index in [-0.39, 0.29) is 12.0 Å². The van der Waals surface area contributed by atoms with Gasteiger partial charge in [-0.15, -0.1) is 5.10 Å². The fourth-order valence-electron chi connectivity index (χ4n) is 2.98. The fourth-order valence-corrected chi connectivity index (χ4v) is 2.98. The van der Waals surface area contributed by atoms with E-state index in [0.29, 0.717) is 5.88 Å². The quantitative estimate of drug-likeness (QED) is 0.654. The molecule has 2 aromatic rings. The van der Waals surface area contributed by atoms with Crippen molar-refractivity contribution < 1.29 is 4.74 Å². The van der Waals surface area contributed by atoms with E-state index in [4.69, 9.17) is 10.6 Å². The normalized spacial score (nSPS) is 18.9. The van der Waals surface area contributed by atoms with Crippen LogP contribution in [0.1, 0.15) is 41.8 Å². The van der Waals surface area contributed by atoms with Crippen LogP contribution in [0, 0.1) is 0 Å². The lowest BCUT2D eigenvalue weighted by Gasteiger charge is -2.30. The van der Waals surface area contributed by atoms with Crippen LogP contribution in [0.25, 0.3) is 0 Å². The van der Waals surface area contributed by atoms with Crippen molar-refractivity contribution in [1.29, 1.82) is 0 Å². The van der Waals surface area contributed by atoms with Crippen LogP contribution in [0.5, 0.6) is 5.88 Å². The maximum atomic E-state index is 5.79. The molecule has 0 aromatic carbocycles. The van der Waals surface area contributed by atoms with E-state index in [1.54, 1.807) is 13.2 Å². The van der Waals surface area contributed by atoms with Crippen molar-refractivity contribution in [3.63, 3.8) is 0 Å². The van der Waals surface area contributed by atoms with Crippen molar-refractivity contribution in [2.24, 2.45) is 5.84 Å². The molecule has 2 unspecified atom stereocenters. The number of nitrogens with one attached hydrogen (secondary N) is 1. The Kier molecular flexibility index (Phi) is 4.08. The molecule has 3 N–H and O–H groups in total. The number of hydrogen-bond donors (Lipinski definition) is 2. The molecular formula is C15H19N5O. The number of methoxy groups -OCH3 is 1. The summed E-state index contributed by atoms with van der Waals surface area (Å²) in [6.45, 7) is 0. The summed E-state index contributed by atoms with van der Waals surface area (Å²) >= 11 is 0. The van der Waals surface area contributed by atoms with E-state index in [0.717, 1.165) is 30.7 Å². The maximum Gasteiger partial charge on any atom is 0.233 e. The number of nitrogens with zero attached hydrogens (tertiary/aromatic N) is 3. The lowest BCUT2D eigenvalue weighted by atomic mass is 9.81. The second kappa shape index (κ2) is 6.15. The molecule has 0 amide bonds. The molecule has 110 valence electrons. The molecule has 0 radical (unpaired) electrons. The van der Waals surface area contributed by atoms with Gasteiger partial charge in [0.1, 0.15) is 0 Å². The zero-order valence-electron chi connectivity index (χ0n) is 12.0. The number of hydrogen-bond acceptors (Lipinski definition) is 6. The highest BCUT2D eigenvalue weighted by atomic mass is 16.5. The second-order valence-electron chi connectivity index (χ2n) is 5.19. The minimum absolute atomic E-state index is 0.0997. The number of fused-ring (bicyclic) bond motifs is 1. The van der Waals surface area contributed by atoms with Crippen LogP contribution in [0.2, 0.25) is 0 Å². The van der Waals surface area contributed by atoms with Crippen LogP contribution in [0.3, 0.4) is 0 Å². The van der Waals surface area contributed by atoms with Crippen molar-refractivity contribution in [1.82, 2.24) is 20.6 Å². The number of aryl methyl sites for hydroxylation is 1. The van der Waals surface area contributed by atoms with Gasteiger partial charge in [0.05, 0.1) is 18.8 Å². The predicted molar refractivity (Wildman–Crippen MR) is 78.6 cm³/mol. The molecule has 2 heterocycles. The molecule has 0 saturated heterocycles. The van der Waals surface area contributed by atoms with Gasteiger partial charge in [-0.3, -0.25) is 16.3 Å². The SMILES string of the molecule is COc1ccc(C(NN)C2CCCc3cccnc32)nn1. The molecule has 2 atom stereocenters. The van der Waals surface area contributed by atoms with Gasteiger partial charge in [-0.1, -0.05) is 6.07 Å². The van der Waals surface area contributed by atoms with Gasteiger partial charge in [0.2, 0.25) is 5.88 Å². The van der Waals surface area contributed by atoms with Gasteiger partial charge < -0.3 is 4.74 Å². The van der Waals surface area contributed by atoms with Crippen molar-refractivity contribution in [2.45, 2.75) is 31.2 Å². The number of nitrogens with two attached hydrogens (primary N) is 1. The Morgan fingerprint density at radius 2 is 2.24 bits per heavy atom. The Hall–Kier alpha value is -2.05. The molecule has 0 saturated carbocycles. The lowest BCUT2D eigenvalue weighted by Crippen LogP contribution is -2.35. The van der Waals surface area contributed by atoms with Crippen LogP contribution in [0.4, 0.5) is 0 Å². The molecule has 6 nitrogen and oxygen atoms in total. The van der Waals surface area contributed by atoms with Crippen LogP contribution in [0.15, 0.2) is 30.5 Å². The van der Waals surface area contributed by atoms with Gasteiger partial charge in [-0.05, 0) is 37.0 Å². The lowest BCUT2D eigenvalue weighted by molar-refractivity contribution is 0.374.